The molecular formula is C13H20N2O. The molecule has 3 heteroatoms. The molecule has 2 rings (SSSR count). The summed E-state index contributed by atoms with van der Waals surface area (Å²) in [6, 6.07) is 4.13. The molecule has 16 heavy (non-hydrogen) atoms. The predicted molar refractivity (Wildman–Crippen MR) is 64.2 cm³/mol. The van der Waals surface area contributed by atoms with Gasteiger partial charge in [0.05, 0.1) is 6.10 Å². The lowest BCUT2D eigenvalue weighted by molar-refractivity contribution is 0.0724. The molecule has 0 aliphatic carbocycles. The van der Waals surface area contributed by atoms with Crippen molar-refractivity contribution in [2.45, 2.75) is 32.4 Å². The first-order chi connectivity index (χ1) is 7.88. The number of ether oxygens (including phenoxy) is 1. The van der Waals surface area contributed by atoms with Gasteiger partial charge in [-0.2, -0.15) is 0 Å². The standard InChI is InChI=1S/C13H20N2O/c1-2-15(11-13-6-4-8-16-13)10-12-5-3-7-14-9-12/h3,5,7,9,13H,2,4,6,8,10-11H2,1H3/t13-/m1/s1. The molecule has 1 saturated heterocycles. The van der Waals surface area contributed by atoms with Crippen molar-refractivity contribution in [2.24, 2.45) is 0 Å². The van der Waals surface area contributed by atoms with Gasteiger partial charge in [-0.3, -0.25) is 9.88 Å². The van der Waals surface area contributed by atoms with E-state index in [0.29, 0.717) is 6.10 Å². The molecule has 1 atom stereocenters. The first kappa shape index (κ1) is 11.6. The third kappa shape index (κ3) is 3.29. The highest BCUT2D eigenvalue weighted by Gasteiger charge is 2.18. The average Bonchev–Trinajstić information content (AvgIpc) is 2.82. The van der Waals surface area contributed by atoms with E-state index < -0.39 is 0 Å². The van der Waals surface area contributed by atoms with Crippen molar-refractivity contribution < 1.29 is 4.74 Å². The van der Waals surface area contributed by atoms with E-state index in [-0.39, 0.29) is 0 Å². The van der Waals surface area contributed by atoms with Gasteiger partial charge in [0.25, 0.3) is 0 Å². The zero-order chi connectivity index (χ0) is 11.2. The van der Waals surface area contributed by atoms with Crippen molar-refractivity contribution in [3.63, 3.8) is 0 Å². The van der Waals surface area contributed by atoms with E-state index in [4.69, 9.17) is 4.74 Å². The number of hydrogen-bond acceptors (Lipinski definition) is 3. The van der Waals surface area contributed by atoms with Crippen molar-refractivity contribution in [2.75, 3.05) is 19.7 Å². The Morgan fingerprint density at radius 3 is 3.12 bits per heavy atom. The summed E-state index contributed by atoms with van der Waals surface area (Å²) in [5.74, 6) is 0. The largest absolute Gasteiger partial charge is 0.377 e. The van der Waals surface area contributed by atoms with Crippen molar-refractivity contribution in [3.8, 4) is 0 Å². The summed E-state index contributed by atoms with van der Waals surface area (Å²) in [6.45, 7) is 6.23. The fourth-order valence-electron chi connectivity index (χ4n) is 2.13. The minimum absolute atomic E-state index is 0.441. The van der Waals surface area contributed by atoms with E-state index in [9.17, 15) is 0 Å². The van der Waals surface area contributed by atoms with Crippen LogP contribution in [-0.4, -0.2) is 35.7 Å². The van der Waals surface area contributed by atoms with E-state index in [2.05, 4.69) is 22.9 Å². The number of rotatable bonds is 5. The highest BCUT2D eigenvalue weighted by atomic mass is 16.5. The van der Waals surface area contributed by atoms with Crippen molar-refractivity contribution in [1.82, 2.24) is 9.88 Å². The lowest BCUT2D eigenvalue weighted by Gasteiger charge is -2.23. The van der Waals surface area contributed by atoms with Crippen LogP contribution in [-0.2, 0) is 11.3 Å². The molecule has 0 radical (unpaired) electrons. The molecule has 0 spiro atoms. The second kappa shape index (κ2) is 5.97. The summed E-state index contributed by atoms with van der Waals surface area (Å²) in [6.07, 6.45) is 6.63. The number of likely N-dealkylation sites (N-methyl/N-ethyl adjacent to an activating group) is 1. The van der Waals surface area contributed by atoms with Crippen LogP contribution >= 0.6 is 0 Å². The van der Waals surface area contributed by atoms with E-state index >= 15 is 0 Å². The van der Waals surface area contributed by atoms with Crippen LogP contribution in [0.4, 0.5) is 0 Å². The monoisotopic (exact) mass is 220 g/mol. The maximum Gasteiger partial charge on any atom is 0.0702 e. The lowest BCUT2D eigenvalue weighted by atomic mass is 10.2. The van der Waals surface area contributed by atoms with Crippen LogP contribution in [0.5, 0.6) is 0 Å². The fourth-order valence-corrected chi connectivity index (χ4v) is 2.13. The number of hydrogen-bond donors (Lipinski definition) is 0. The molecule has 1 aliphatic heterocycles. The second-order valence-electron chi connectivity index (χ2n) is 4.32. The predicted octanol–water partition coefficient (Wildman–Crippen LogP) is 2.08. The van der Waals surface area contributed by atoms with Crippen molar-refractivity contribution >= 4 is 0 Å². The van der Waals surface area contributed by atoms with Gasteiger partial charge in [-0.15, -0.1) is 0 Å². The molecule has 0 N–H and O–H groups in total. The molecule has 1 fully saturated rings. The van der Waals surface area contributed by atoms with Crippen LogP contribution in [0, 0.1) is 0 Å². The zero-order valence-corrected chi connectivity index (χ0v) is 9.93. The van der Waals surface area contributed by atoms with Crippen molar-refractivity contribution in [3.05, 3.63) is 30.1 Å². The third-order valence-electron chi connectivity index (χ3n) is 3.06. The molecule has 0 unspecified atom stereocenters. The smallest absolute Gasteiger partial charge is 0.0702 e. The SMILES string of the molecule is CCN(Cc1cccnc1)C[C@H]1CCCO1. The Kier molecular flexibility index (Phi) is 4.31. The molecule has 3 nitrogen and oxygen atoms in total. The maximum atomic E-state index is 5.67. The van der Waals surface area contributed by atoms with Gasteiger partial charge in [0.2, 0.25) is 0 Å². The van der Waals surface area contributed by atoms with Gasteiger partial charge in [0.15, 0.2) is 0 Å². The average molecular weight is 220 g/mol. The highest BCUT2D eigenvalue weighted by molar-refractivity contribution is 5.08. The van der Waals surface area contributed by atoms with Crippen LogP contribution in [0.25, 0.3) is 0 Å². The molecule has 0 aromatic carbocycles. The minimum Gasteiger partial charge on any atom is -0.377 e. The third-order valence-corrected chi connectivity index (χ3v) is 3.06. The van der Waals surface area contributed by atoms with Gasteiger partial charge in [-0.05, 0) is 31.0 Å². The van der Waals surface area contributed by atoms with Gasteiger partial charge < -0.3 is 4.74 Å². The molecule has 1 aromatic heterocycles. The molecule has 1 aromatic rings. The summed E-state index contributed by atoms with van der Waals surface area (Å²) in [4.78, 5) is 6.57. The number of nitrogens with zero attached hydrogens (tertiary/aromatic N) is 2. The minimum atomic E-state index is 0.441. The van der Waals surface area contributed by atoms with E-state index in [0.717, 1.165) is 26.2 Å². The van der Waals surface area contributed by atoms with Crippen LogP contribution < -0.4 is 0 Å². The van der Waals surface area contributed by atoms with Crippen LogP contribution in [0.3, 0.4) is 0 Å². The number of aromatic nitrogens is 1. The van der Waals surface area contributed by atoms with E-state index in [1.807, 2.05) is 18.5 Å². The van der Waals surface area contributed by atoms with Crippen molar-refractivity contribution in [1.29, 1.82) is 0 Å². The first-order valence-corrected chi connectivity index (χ1v) is 6.11. The normalized spacial score (nSPS) is 20.5. The zero-order valence-electron chi connectivity index (χ0n) is 9.93. The molecule has 0 saturated carbocycles. The summed E-state index contributed by atoms with van der Waals surface area (Å²) in [5.41, 5.74) is 1.28. The second-order valence-corrected chi connectivity index (χ2v) is 4.32. The molecular weight excluding hydrogens is 200 g/mol. The Morgan fingerprint density at radius 1 is 1.56 bits per heavy atom. The quantitative estimate of drug-likeness (QED) is 0.759. The lowest BCUT2D eigenvalue weighted by Crippen LogP contribution is -2.31. The van der Waals surface area contributed by atoms with Gasteiger partial charge in [0, 0.05) is 32.1 Å². The van der Waals surface area contributed by atoms with Crippen LogP contribution in [0.15, 0.2) is 24.5 Å². The molecule has 0 amide bonds. The maximum absolute atomic E-state index is 5.67. The Bertz CT molecular complexity index is 296. The van der Waals surface area contributed by atoms with Crippen LogP contribution in [0.2, 0.25) is 0 Å². The molecule has 2 heterocycles. The fraction of sp³-hybridized carbons (Fsp3) is 0.615. The Morgan fingerprint density at radius 2 is 2.50 bits per heavy atom. The first-order valence-electron chi connectivity index (χ1n) is 6.11. The highest BCUT2D eigenvalue weighted by Crippen LogP contribution is 2.14. The Balaban J connectivity index is 1.85. The van der Waals surface area contributed by atoms with E-state index in [1.54, 1.807) is 0 Å². The molecule has 88 valence electrons. The van der Waals surface area contributed by atoms with Gasteiger partial charge >= 0.3 is 0 Å². The Hall–Kier alpha value is -0.930. The number of pyridine rings is 1. The van der Waals surface area contributed by atoms with Crippen LogP contribution in [0.1, 0.15) is 25.3 Å². The molecule has 1 aliphatic rings. The summed E-state index contributed by atoms with van der Waals surface area (Å²) >= 11 is 0. The van der Waals surface area contributed by atoms with Gasteiger partial charge in [0.1, 0.15) is 0 Å². The summed E-state index contributed by atoms with van der Waals surface area (Å²) < 4.78 is 5.67. The molecule has 0 bridgehead atoms. The summed E-state index contributed by atoms with van der Waals surface area (Å²) in [5, 5.41) is 0. The van der Waals surface area contributed by atoms with Gasteiger partial charge in [-0.1, -0.05) is 13.0 Å². The topological polar surface area (TPSA) is 25.4 Å². The van der Waals surface area contributed by atoms with E-state index in [1.165, 1.54) is 18.4 Å². The van der Waals surface area contributed by atoms with Gasteiger partial charge in [-0.25, -0.2) is 0 Å². The Labute approximate surface area is 97.4 Å². The summed E-state index contributed by atoms with van der Waals surface area (Å²) in [7, 11) is 0.